The van der Waals surface area contributed by atoms with E-state index in [1.807, 2.05) is 0 Å². The van der Waals surface area contributed by atoms with Crippen LogP contribution in [0.3, 0.4) is 0 Å². The van der Waals surface area contributed by atoms with Gasteiger partial charge in [-0.3, -0.25) is 9.69 Å². The Morgan fingerprint density at radius 2 is 1.93 bits per heavy atom. The molecular formula is C20H33N3O4. The van der Waals surface area contributed by atoms with Gasteiger partial charge in [-0.1, -0.05) is 6.92 Å². The summed E-state index contributed by atoms with van der Waals surface area (Å²) in [4.78, 5) is 30.5. The Morgan fingerprint density at radius 3 is 2.48 bits per heavy atom. The Morgan fingerprint density at radius 1 is 1.30 bits per heavy atom. The molecule has 1 unspecified atom stereocenters. The summed E-state index contributed by atoms with van der Waals surface area (Å²) in [5.74, 6) is -0.603. The van der Waals surface area contributed by atoms with Crippen LogP contribution in [0.1, 0.15) is 66.2 Å². The maximum absolute atomic E-state index is 12.8. The number of morpholine rings is 1. The number of amides is 1. The van der Waals surface area contributed by atoms with Gasteiger partial charge in [0.05, 0.1) is 24.9 Å². The monoisotopic (exact) mass is 379 g/mol. The maximum atomic E-state index is 12.8. The van der Waals surface area contributed by atoms with Crippen molar-refractivity contribution in [1.82, 2.24) is 15.2 Å². The van der Waals surface area contributed by atoms with Gasteiger partial charge in [0.25, 0.3) is 5.91 Å². The van der Waals surface area contributed by atoms with Crippen molar-refractivity contribution in [2.75, 3.05) is 32.8 Å². The molecule has 0 radical (unpaired) electrons. The number of H-pyrrole nitrogens is 1. The number of aromatic amines is 1. The number of aryl methyl sites for hydroxylation is 1. The number of rotatable bonds is 7. The van der Waals surface area contributed by atoms with E-state index < -0.39 is 5.97 Å². The molecule has 27 heavy (non-hydrogen) atoms. The average Bonchev–Trinajstić information content (AvgIpc) is 2.94. The zero-order valence-electron chi connectivity index (χ0n) is 17.4. The van der Waals surface area contributed by atoms with Gasteiger partial charge in [-0.25, -0.2) is 4.79 Å². The van der Waals surface area contributed by atoms with Gasteiger partial charge in [-0.15, -0.1) is 0 Å². The molecule has 1 saturated heterocycles. The number of hydrogen-bond donors (Lipinski definition) is 2. The van der Waals surface area contributed by atoms with Crippen LogP contribution in [0.5, 0.6) is 0 Å². The molecule has 1 aliphatic rings. The summed E-state index contributed by atoms with van der Waals surface area (Å²) in [6, 6.07) is 0. The first-order valence-corrected chi connectivity index (χ1v) is 9.70. The number of nitrogens with zero attached hydrogens (tertiary/aromatic N) is 1. The number of carbonyl (C=O) groups excluding carboxylic acids is 2. The molecule has 0 aliphatic carbocycles. The highest BCUT2D eigenvalue weighted by Crippen LogP contribution is 2.22. The van der Waals surface area contributed by atoms with Gasteiger partial charge in [-0.05, 0) is 46.6 Å². The molecule has 0 spiro atoms. The zero-order chi connectivity index (χ0) is 20.2. The summed E-state index contributed by atoms with van der Waals surface area (Å²) in [6.45, 7) is 15.2. The number of hydrogen-bond acceptors (Lipinski definition) is 5. The van der Waals surface area contributed by atoms with E-state index in [4.69, 9.17) is 9.47 Å². The molecule has 1 amide bonds. The first-order chi connectivity index (χ1) is 12.7. The van der Waals surface area contributed by atoms with Gasteiger partial charge < -0.3 is 19.8 Å². The van der Waals surface area contributed by atoms with Gasteiger partial charge in [0.2, 0.25) is 0 Å². The quantitative estimate of drug-likeness (QED) is 0.711. The van der Waals surface area contributed by atoms with Gasteiger partial charge in [0.1, 0.15) is 5.69 Å². The zero-order valence-corrected chi connectivity index (χ0v) is 17.4. The lowest BCUT2D eigenvalue weighted by Crippen LogP contribution is -2.56. The van der Waals surface area contributed by atoms with Crippen LogP contribution in [0, 0.1) is 13.8 Å². The van der Waals surface area contributed by atoms with Crippen molar-refractivity contribution in [2.24, 2.45) is 0 Å². The number of esters is 1. The predicted molar refractivity (Wildman–Crippen MR) is 104 cm³/mol. The van der Waals surface area contributed by atoms with E-state index >= 15 is 0 Å². The van der Waals surface area contributed by atoms with E-state index in [0.717, 1.165) is 32.7 Å². The third-order valence-electron chi connectivity index (χ3n) is 5.38. The summed E-state index contributed by atoms with van der Waals surface area (Å²) < 4.78 is 10.7. The highest BCUT2D eigenvalue weighted by molar-refractivity contribution is 6.00. The second-order valence-corrected chi connectivity index (χ2v) is 7.71. The lowest BCUT2D eigenvalue weighted by Gasteiger charge is -2.43. The lowest BCUT2D eigenvalue weighted by molar-refractivity contribution is -0.0169. The van der Waals surface area contributed by atoms with Crippen molar-refractivity contribution in [1.29, 1.82) is 0 Å². The standard InChI is InChI=1S/C20H33N3O4/c1-7-20(6,23-8-10-26-11-9-23)12-21-18(24)17-14(4)16(15(5)22-17)19(25)27-13(2)3/h13,22H,7-12H2,1-6H3,(H,21,24). The highest BCUT2D eigenvalue weighted by atomic mass is 16.5. The van der Waals surface area contributed by atoms with E-state index in [0.29, 0.717) is 29.1 Å². The molecule has 152 valence electrons. The van der Waals surface area contributed by atoms with Crippen LogP contribution in [0.2, 0.25) is 0 Å². The molecule has 1 atom stereocenters. The fourth-order valence-corrected chi connectivity index (χ4v) is 3.48. The molecular weight excluding hydrogens is 346 g/mol. The van der Waals surface area contributed by atoms with Crippen LogP contribution in [0.15, 0.2) is 0 Å². The number of aromatic nitrogens is 1. The Bertz CT molecular complexity index is 677. The second-order valence-electron chi connectivity index (χ2n) is 7.71. The molecule has 7 nitrogen and oxygen atoms in total. The van der Waals surface area contributed by atoms with Crippen molar-refractivity contribution in [2.45, 2.75) is 59.6 Å². The fourth-order valence-electron chi connectivity index (χ4n) is 3.48. The molecule has 1 aliphatic heterocycles. The molecule has 2 rings (SSSR count). The molecule has 0 bridgehead atoms. The molecule has 0 aromatic carbocycles. The number of carbonyl (C=O) groups is 2. The molecule has 2 N–H and O–H groups in total. The van der Waals surface area contributed by atoms with Crippen molar-refractivity contribution >= 4 is 11.9 Å². The second kappa shape index (κ2) is 8.89. The van der Waals surface area contributed by atoms with E-state index in [9.17, 15) is 9.59 Å². The smallest absolute Gasteiger partial charge is 0.340 e. The van der Waals surface area contributed by atoms with Crippen molar-refractivity contribution in [3.63, 3.8) is 0 Å². The maximum Gasteiger partial charge on any atom is 0.340 e. The van der Waals surface area contributed by atoms with Crippen LogP contribution >= 0.6 is 0 Å². The van der Waals surface area contributed by atoms with Crippen LogP contribution in [-0.2, 0) is 9.47 Å². The van der Waals surface area contributed by atoms with Crippen molar-refractivity contribution < 1.29 is 19.1 Å². The summed E-state index contributed by atoms with van der Waals surface area (Å²) in [5, 5.41) is 3.04. The number of nitrogens with one attached hydrogen (secondary N) is 2. The van der Waals surface area contributed by atoms with Gasteiger partial charge >= 0.3 is 5.97 Å². The SMILES string of the molecule is CCC(C)(CNC(=O)c1[nH]c(C)c(C(=O)OC(C)C)c1C)N1CCOCC1. The molecule has 0 saturated carbocycles. The largest absolute Gasteiger partial charge is 0.459 e. The van der Waals surface area contributed by atoms with Gasteiger partial charge in [0.15, 0.2) is 0 Å². The molecule has 1 aromatic rings. The minimum atomic E-state index is -0.401. The van der Waals surface area contributed by atoms with E-state index in [1.54, 1.807) is 27.7 Å². The van der Waals surface area contributed by atoms with E-state index in [2.05, 4.69) is 29.0 Å². The third kappa shape index (κ3) is 4.90. The van der Waals surface area contributed by atoms with Gasteiger partial charge in [0, 0.05) is 30.9 Å². The predicted octanol–water partition coefficient (Wildman–Crippen LogP) is 2.43. The highest BCUT2D eigenvalue weighted by Gasteiger charge is 2.32. The normalized spacial score (nSPS) is 17.6. The topological polar surface area (TPSA) is 83.7 Å². The average molecular weight is 380 g/mol. The third-order valence-corrected chi connectivity index (χ3v) is 5.38. The van der Waals surface area contributed by atoms with Crippen LogP contribution in [0.4, 0.5) is 0 Å². The summed E-state index contributed by atoms with van der Waals surface area (Å²) in [6.07, 6.45) is 0.712. The van der Waals surface area contributed by atoms with E-state index in [1.165, 1.54) is 0 Å². The van der Waals surface area contributed by atoms with Crippen molar-refractivity contribution in [3.05, 3.63) is 22.5 Å². The Kier molecular flexibility index (Phi) is 7.06. The summed E-state index contributed by atoms with van der Waals surface area (Å²) in [7, 11) is 0. The number of ether oxygens (including phenoxy) is 2. The summed E-state index contributed by atoms with van der Waals surface area (Å²) in [5.41, 5.74) is 2.01. The fraction of sp³-hybridized carbons (Fsp3) is 0.700. The van der Waals surface area contributed by atoms with Crippen molar-refractivity contribution in [3.8, 4) is 0 Å². The first-order valence-electron chi connectivity index (χ1n) is 9.70. The minimum Gasteiger partial charge on any atom is -0.459 e. The van der Waals surface area contributed by atoms with Gasteiger partial charge in [-0.2, -0.15) is 0 Å². The van der Waals surface area contributed by atoms with Crippen LogP contribution < -0.4 is 5.32 Å². The molecule has 7 heteroatoms. The molecule has 1 fully saturated rings. The van der Waals surface area contributed by atoms with Crippen LogP contribution in [-0.4, -0.2) is 66.3 Å². The Labute approximate surface area is 161 Å². The Hall–Kier alpha value is -1.86. The lowest BCUT2D eigenvalue weighted by atomic mass is 9.95. The molecule has 2 heterocycles. The minimum absolute atomic E-state index is 0.131. The van der Waals surface area contributed by atoms with Crippen LogP contribution in [0.25, 0.3) is 0 Å². The first kappa shape index (κ1) is 21.4. The van der Waals surface area contributed by atoms with E-state index in [-0.39, 0.29) is 17.6 Å². The summed E-state index contributed by atoms with van der Waals surface area (Å²) >= 11 is 0. The molecule has 1 aromatic heterocycles. The Balaban J connectivity index is 2.10.